The molecule has 1 heterocycles. The summed E-state index contributed by atoms with van der Waals surface area (Å²) in [6.45, 7) is -0.405. The van der Waals surface area contributed by atoms with Crippen molar-refractivity contribution >= 4 is 17.3 Å². The molecule has 1 N–H and O–H groups in total. The fourth-order valence-electron chi connectivity index (χ4n) is 0.931. The second-order valence-corrected chi connectivity index (χ2v) is 4.16. The summed E-state index contributed by atoms with van der Waals surface area (Å²) in [5, 5.41) is 8.60. The van der Waals surface area contributed by atoms with Crippen molar-refractivity contribution in [1.82, 2.24) is 0 Å². The van der Waals surface area contributed by atoms with Crippen molar-refractivity contribution in [3.8, 4) is 0 Å². The predicted molar refractivity (Wildman–Crippen MR) is 51.6 cm³/mol. The van der Waals surface area contributed by atoms with Crippen LogP contribution >= 0.6 is 11.3 Å². The third-order valence-electron chi connectivity index (χ3n) is 1.65. The van der Waals surface area contributed by atoms with Gasteiger partial charge in [0.05, 0.1) is 19.6 Å². The molecule has 0 aliphatic heterocycles. The van der Waals surface area contributed by atoms with Crippen LogP contribution in [0.3, 0.4) is 0 Å². The molecule has 1 rings (SSSR count). The molecule has 0 spiro atoms. The summed E-state index contributed by atoms with van der Waals surface area (Å²) in [6, 6.07) is 2.93. The Hall–Kier alpha value is -1.08. The summed E-state index contributed by atoms with van der Waals surface area (Å²) >= 11 is 0.993. The molecule has 1 aromatic rings. The summed E-state index contributed by atoms with van der Waals surface area (Å²) in [5.41, 5.74) is 0. The van der Waals surface area contributed by atoms with Crippen LogP contribution in [0.4, 0.5) is 13.2 Å². The van der Waals surface area contributed by atoms with Gasteiger partial charge in [-0.1, -0.05) is 0 Å². The Morgan fingerprint density at radius 1 is 1.44 bits per heavy atom. The highest BCUT2D eigenvalue weighted by Crippen LogP contribution is 2.20. The van der Waals surface area contributed by atoms with Gasteiger partial charge >= 0.3 is 12.1 Å². The Balaban J connectivity index is 2.30. The first-order chi connectivity index (χ1) is 7.38. The minimum Gasteiger partial charge on any atom is -0.477 e. The quantitative estimate of drug-likeness (QED) is 0.822. The minimum atomic E-state index is -4.22. The van der Waals surface area contributed by atoms with Crippen LogP contribution in [0.5, 0.6) is 0 Å². The number of thiophene rings is 1. The lowest BCUT2D eigenvalue weighted by molar-refractivity contribution is -0.145. The van der Waals surface area contributed by atoms with E-state index in [0.717, 1.165) is 11.3 Å². The average molecular weight is 254 g/mol. The third kappa shape index (κ3) is 4.63. The molecule has 0 unspecified atom stereocenters. The maximum Gasteiger partial charge on any atom is 0.391 e. The highest BCUT2D eigenvalue weighted by molar-refractivity contribution is 7.13. The van der Waals surface area contributed by atoms with E-state index in [-0.39, 0.29) is 11.5 Å². The van der Waals surface area contributed by atoms with Gasteiger partial charge < -0.3 is 9.84 Å². The van der Waals surface area contributed by atoms with Crippen molar-refractivity contribution in [2.24, 2.45) is 0 Å². The SMILES string of the molecule is O=C(O)c1ccc(COCCC(F)(F)F)s1. The summed E-state index contributed by atoms with van der Waals surface area (Å²) in [7, 11) is 0. The second kappa shape index (κ2) is 5.31. The molecule has 0 amide bonds. The first-order valence-corrected chi connectivity index (χ1v) is 5.16. The van der Waals surface area contributed by atoms with Gasteiger partial charge in [0.15, 0.2) is 0 Å². The van der Waals surface area contributed by atoms with Crippen LogP contribution in [0.25, 0.3) is 0 Å². The Morgan fingerprint density at radius 2 is 2.12 bits per heavy atom. The molecule has 0 aliphatic rings. The minimum absolute atomic E-state index is 0.00796. The van der Waals surface area contributed by atoms with E-state index in [1.807, 2.05) is 0 Å². The number of rotatable bonds is 5. The van der Waals surface area contributed by atoms with Gasteiger partial charge in [-0.25, -0.2) is 4.79 Å². The Kier molecular flexibility index (Phi) is 4.31. The van der Waals surface area contributed by atoms with Crippen molar-refractivity contribution in [2.45, 2.75) is 19.2 Å². The largest absolute Gasteiger partial charge is 0.477 e. The number of carbonyl (C=O) groups is 1. The summed E-state index contributed by atoms with van der Waals surface area (Å²) in [4.78, 5) is 11.2. The van der Waals surface area contributed by atoms with Crippen LogP contribution in [0.2, 0.25) is 0 Å². The van der Waals surface area contributed by atoms with Crippen molar-refractivity contribution in [3.63, 3.8) is 0 Å². The molecular weight excluding hydrogens is 245 g/mol. The average Bonchev–Trinajstić information content (AvgIpc) is 2.59. The van der Waals surface area contributed by atoms with Gasteiger partial charge in [0.25, 0.3) is 0 Å². The van der Waals surface area contributed by atoms with E-state index >= 15 is 0 Å². The molecule has 0 aromatic carbocycles. The molecule has 0 radical (unpaired) electrons. The number of carboxylic acids is 1. The number of carboxylic acid groups (broad SMARTS) is 1. The van der Waals surface area contributed by atoms with Gasteiger partial charge in [0.2, 0.25) is 0 Å². The van der Waals surface area contributed by atoms with Crippen molar-refractivity contribution in [3.05, 3.63) is 21.9 Å². The third-order valence-corrected chi connectivity index (χ3v) is 2.69. The highest BCUT2D eigenvalue weighted by Gasteiger charge is 2.26. The number of alkyl halides is 3. The fraction of sp³-hybridized carbons (Fsp3) is 0.444. The van der Waals surface area contributed by atoms with E-state index in [1.54, 1.807) is 0 Å². The Labute approximate surface area is 93.5 Å². The number of aromatic carboxylic acids is 1. The molecule has 7 heteroatoms. The molecule has 16 heavy (non-hydrogen) atoms. The van der Waals surface area contributed by atoms with E-state index < -0.39 is 25.2 Å². The van der Waals surface area contributed by atoms with Crippen LogP contribution in [0.15, 0.2) is 12.1 Å². The molecule has 3 nitrogen and oxygen atoms in total. The summed E-state index contributed by atoms with van der Waals surface area (Å²) < 4.78 is 40.0. The standard InChI is InChI=1S/C9H9F3O3S/c10-9(11,12)3-4-15-5-6-1-2-7(16-6)8(13)14/h1-2H,3-5H2,(H,13,14). The number of hydrogen-bond acceptors (Lipinski definition) is 3. The Bertz CT molecular complexity index is 359. The van der Waals surface area contributed by atoms with E-state index in [4.69, 9.17) is 9.84 Å². The molecule has 0 saturated heterocycles. The molecule has 0 atom stereocenters. The second-order valence-electron chi connectivity index (χ2n) is 2.99. The first kappa shape index (κ1) is 13.0. The zero-order valence-corrected chi connectivity index (χ0v) is 8.90. The summed E-state index contributed by atoms with van der Waals surface area (Å²) in [6.07, 6.45) is -5.22. The van der Waals surface area contributed by atoms with Gasteiger partial charge in [-0.15, -0.1) is 11.3 Å². The van der Waals surface area contributed by atoms with Crippen LogP contribution in [0.1, 0.15) is 21.0 Å². The zero-order chi connectivity index (χ0) is 12.2. The van der Waals surface area contributed by atoms with Gasteiger partial charge in [-0.05, 0) is 12.1 Å². The van der Waals surface area contributed by atoms with Crippen LogP contribution in [-0.4, -0.2) is 23.9 Å². The lowest BCUT2D eigenvalue weighted by Crippen LogP contribution is -2.11. The zero-order valence-electron chi connectivity index (χ0n) is 8.08. The predicted octanol–water partition coefficient (Wildman–Crippen LogP) is 2.92. The normalized spacial score (nSPS) is 11.7. The maximum atomic E-state index is 11.7. The van der Waals surface area contributed by atoms with Crippen LogP contribution in [0, 0.1) is 0 Å². The lowest BCUT2D eigenvalue weighted by atomic mass is 10.4. The number of halogens is 3. The molecule has 0 saturated carbocycles. The highest BCUT2D eigenvalue weighted by atomic mass is 32.1. The number of ether oxygens (including phenoxy) is 1. The van der Waals surface area contributed by atoms with E-state index in [0.29, 0.717) is 4.88 Å². The van der Waals surface area contributed by atoms with Crippen molar-refractivity contribution in [2.75, 3.05) is 6.61 Å². The Morgan fingerprint density at radius 3 is 2.62 bits per heavy atom. The molecule has 90 valence electrons. The van der Waals surface area contributed by atoms with Gasteiger partial charge in [0.1, 0.15) is 4.88 Å². The van der Waals surface area contributed by atoms with E-state index in [2.05, 4.69) is 0 Å². The topological polar surface area (TPSA) is 46.5 Å². The monoisotopic (exact) mass is 254 g/mol. The van der Waals surface area contributed by atoms with Gasteiger partial charge in [-0.2, -0.15) is 13.2 Å². The first-order valence-electron chi connectivity index (χ1n) is 4.35. The molecular formula is C9H9F3O3S. The molecule has 1 aromatic heterocycles. The van der Waals surface area contributed by atoms with Crippen molar-refractivity contribution < 1.29 is 27.8 Å². The van der Waals surface area contributed by atoms with Gasteiger partial charge in [-0.3, -0.25) is 0 Å². The van der Waals surface area contributed by atoms with E-state index in [1.165, 1.54) is 12.1 Å². The molecule has 0 bridgehead atoms. The molecule has 0 aliphatic carbocycles. The molecule has 0 fully saturated rings. The van der Waals surface area contributed by atoms with Gasteiger partial charge in [0, 0.05) is 4.88 Å². The smallest absolute Gasteiger partial charge is 0.391 e. The number of hydrogen-bond donors (Lipinski definition) is 1. The lowest BCUT2D eigenvalue weighted by Gasteiger charge is -2.05. The summed E-state index contributed by atoms with van der Waals surface area (Å²) in [5.74, 6) is -1.05. The van der Waals surface area contributed by atoms with Crippen LogP contribution < -0.4 is 0 Å². The maximum absolute atomic E-state index is 11.7. The fourth-order valence-corrected chi connectivity index (χ4v) is 1.72. The van der Waals surface area contributed by atoms with Crippen molar-refractivity contribution in [1.29, 1.82) is 0 Å². The van der Waals surface area contributed by atoms with Crippen LogP contribution in [-0.2, 0) is 11.3 Å². The van der Waals surface area contributed by atoms with E-state index in [9.17, 15) is 18.0 Å².